The molecule has 0 spiro atoms. The van der Waals surface area contributed by atoms with Crippen LogP contribution in [0.1, 0.15) is 28.4 Å². The zero-order valence-corrected chi connectivity index (χ0v) is 14.1. The number of amides is 1. The Morgan fingerprint density at radius 2 is 1.71 bits per heavy atom. The summed E-state index contributed by atoms with van der Waals surface area (Å²) in [5.41, 5.74) is 3.48. The molecule has 1 N–H and O–H groups in total. The predicted molar refractivity (Wildman–Crippen MR) is 97.8 cm³/mol. The van der Waals surface area contributed by atoms with Crippen LogP contribution in [-0.4, -0.2) is 10.5 Å². The van der Waals surface area contributed by atoms with Crippen molar-refractivity contribution < 1.29 is 4.79 Å². The van der Waals surface area contributed by atoms with Gasteiger partial charge in [0, 0.05) is 23.8 Å². The summed E-state index contributed by atoms with van der Waals surface area (Å²) < 4.78 is 1.93. The minimum atomic E-state index is -0.370. The van der Waals surface area contributed by atoms with Crippen molar-refractivity contribution in [2.45, 2.75) is 27.3 Å². The number of rotatable bonds is 3. The molecule has 0 saturated heterocycles. The van der Waals surface area contributed by atoms with E-state index in [0.29, 0.717) is 11.9 Å². The molecule has 1 aromatic heterocycles. The van der Waals surface area contributed by atoms with Crippen LogP contribution in [0.25, 0.3) is 10.9 Å². The van der Waals surface area contributed by atoms with E-state index in [1.165, 1.54) is 0 Å². The number of nitrogens with zero attached hydrogens (tertiary/aromatic N) is 1. The van der Waals surface area contributed by atoms with Crippen molar-refractivity contribution in [1.82, 2.24) is 4.57 Å². The SMILES string of the molecule is CCn1cc(C(=O)Nc2c(C)cccc2C)c(=O)c2ccccc21. The maximum absolute atomic E-state index is 12.7. The third-order valence-corrected chi connectivity index (χ3v) is 4.29. The van der Waals surface area contributed by atoms with Crippen LogP contribution in [0, 0.1) is 13.8 Å². The Bertz CT molecular complexity index is 966. The van der Waals surface area contributed by atoms with Crippen molar-refractivity contribution in [3.8, 4) is 0 Å². The van der Waals surface area contributed by atoms with Gasteiger partial charge in [0.15, 0.2) is 0 Å². The van der Waals surface area contributed by atoms with Crippen molar-refractivity contribution in [2.24, 2.45) is 0 Å². The smallest absolute Gasteiger partial charge is 0.261 e. The average molecular weight is 320 g/mol. The van der Waals surface area contributed by atoms with E-state index >= 15 is 0 Å². The van der Waals surface area contributed by atoms with Crippen molar-refractivity contribution >= 4 is 22.5 Å². The van der Waals surface area contributed by atoms with Gasteiger partial charge in [0.2, 0.25) is 5.43 Å². The Morgan fingerprint density at radius 3 is 2.38 bits per heavy atom. The van der Waals surface area contributed by atoms with Crippen LogP contribution >= 0.6 is 0 Å². The Hall–Kier alpha value is -2.88. The Morgan fingerprint density at radius 1 is 1.04 bits per heavy atom. The molecule has 24 heavy (non-hydrogen) atoms. The van der Waals surface area contributed by atoms with Crippen LogP contribution in [0.15, 0.2) is 53.5 Å². The van der Waals surface area contributed by atoms with Crippen molar-refractivity contribution in [2.75, 3.05) is 5.32 Å². The van der Waals surface area contributed by atoms with Gasteiger partial charge in [-0.05, 0) is 44.0 Å². The zero-order chi connectivity index (χ0) is 17.3. The number of benzene rings is 2. The number of fused-ring (bicyclic) bond motifs is 1. The molecule has 3 rings (SSSR count). The molecule has 0 fully saturated rings. The van der Waals surface area contributed by atoms with Crippen LogP contribution in [0.2, 0.25) is 0 Å². The molecule has 3 aromatic rings. The number of anilines is 1. The van der Waals surface area contributed by atoms with Crippen LogP contribution < -0.4 is 10.7 Å². The summed E-state index contributed by atoms with van der Waals surface area (Å²) in [6.45, 7) is 6.55. The van der Waals surface area contributed by atoms with Gasteiger partial charge in [-0.15, -0.1) is 0 Å². The molecule has 122 valence electrons. The quantitative estimate of drug-likeness (QED) is 0.796. The van der Waals surface area contributed by atoms with E-state index in [4.69, 9.17) is 0 Å². The predicted octanol–water partition coefficient (Wildman–Crippen LogP) is 3.89. The summed E-state index contributed by atoms with van der Waals surface area (Å²) in [5.74, 6) is -0.370. The normalized spacial score (nSPS) is 10.8. The zero-order valence-electron chi connectivity index (χ0n) is 14.1. The molecule has 4 nitrogen and oxygen atoms in total. The lowest BCUT2D eigenvalue weighted by atomic mass is 10.1. The van der Waals surface area contributed by atoms with Crippen molar-refractivity contribution in [1.29, 1.82) is 0 Å². The number of aryl methyl sites for hydroxylation is 3. The molecule has 1 heterocycles. The lowest BCUT2D eigenvalue weighted by Crippen LogP contribution is -2.24. The van der Waals surface area contributed by atoms with E-state index in [0.717, 1.165) is 22.3 Å². The lowest BCUT2D eigenvalue weighted by molar-refractivity contribution is 0.102. The fourth-order valence-electron chi connectivity index (χ4n) is 2.96. The molecule has 4 heteroatoms. The molecule has 0 aliphatic heterocycles. The summed E-state index contributed by atoms with van der Waals surface area (Å²) in [6.07, 6.45) is 1.65. The number of para-hydroxylation sites is 2. The molecule has 1 amide bonds. The molecule has 0 radical (unpaired) electrons. The lowest BCUT2D eigenvalue weighted by Gasteiger charge is -2.14. The van der Waals surface area contributed by atoms with Gasteiger partial charge in [-0.2, -0.15) is 0 Å². The van der Waals surface area contributed by atoms with Gasteiger partial charge in [0.05, 0.1) is 5.52 Å². The first-order valence-electron chi connectivity index (χ1n) is 8.02. The van der Waals surface area contributed by atoms with E-state index in [1.54, 1.807) is 12.3 Å². The number of nitrogens with one attached hydrogen (secondary N) is 1. The number of pyridine rings is 1. The largest absolute Gasteiger partial charge is 0.347 e. The van der Waals surface area contributed by atoms with E-state index in [1.807, 2.05) is 61.7 Å². The van der Waals surface area contributed by atoms with Crippen molar-refractivity contribution in [3.05, 3.63) is 75.6 Å². The number of carbonyl (C=O) groups excluding carboxylic acids is 1. The second-order valence-electron chi connectivity index (χ2n) is 5.90. The third-order valence-electron chi connectivity index (χ3n) is 4.29. The summed E-state index contributed by atoms with van der Waals surface area (Å²) in [6, 6.07) is 13.2. The molecule has 0 aliphatic rings. The molecule has 2 aromatic carbocycles. The second kappa shape index (κ2) is 6.32. The maximum atomic E-state index is 12.7. The Kier molecular flexibility index (Phi) is 4.21. The highest BCUT2D eigenvalue weighted by Crippen LogP contribution is 2.20. The standard InChI is InChI=1S/C20H20N2O2/c1-4-22-12-16(19(23)15-10-5-6-11-17(15)22)20(24)21-18-13(2)8-7-9-14(18)3/h5-12H,4H2,1-3H3,(H,21,24). The second-order valence-corrected chi connectivity index (χ2v) is 5.90. The van der Waals surface area contributed by atoms with Gasteiger partial charge in [0.1, 0.15) is 5.56 Å². The van der Waals surface area contributed by atoms with Crippen LogP contribution in [0.5, 0.6) is 0 Å². The van der Waals surface area contributed by atoms with E-state index in [9.17, 15) is 9.59 Å². The number of hydrogen-bond acceptors (Lipinski definition) is 2. The molecule has 0 unspecified atom stereocenters. The van der Waals surface area contributed by atoms with Gasteiger partial charge in [-0.3, -0.25) is 9.59 Å². The van der Waals surface area contributed by atoms with Gasteiger partial charge >= 0.3 is 0 Å². The van der Waals surface area contributed by atoms with Crippen LogP contribution in [0.4, 0.5) is 5.69 Å². The van der Waals surface area contributed by atoms with E-state index < -0.39 is 0 Å². The Labute approximate surface area is 140 Å². The molecule has 0 atom stereocenters. The maximum Gasteiger partial charge on any atom is 0.261 e. The number of hydrogen-bond donors (Lipinski definition) is 1. The van der Waals surface area contributed by atoms with Crippen LogP contribution in [-0.2, 0) is 6.54 Å². The first-order chi connectivity index (χ1) is 11.5. The van der Waals surface area contributed by atoms with Gasteiger partial charge < -0.3 is 9.88 Å². The highest BCUT2D eigenvalue weighted by Gasteiger charge is 2.16. The first-order valence-corrected chi connectivity index (χ1v) is 8.02. The fraction of sp³-hybridized carbons (Fsp3) is 0.200. The van der Waals surface area contributed by atoms with E-state index in [2.05, 4.69) is 5.32 Å². The molecular weight excluding hydrogens is 300 g/mol. The van der Waals surface area contributed by atoms with Gasteiger partial charge in [-0.25, -0.2) is 0 Å². The topological polar surface area (TPSA) is 51.1 Å². The molecule has 0 saturated carbocycles. The van der Waals surface area contributed by atoms with Crippen LogP contribution in [0.3, 0.4) is 0 Å². The average Bonchev–Trinajstić information content (AvgIpc) is 2.59. The van der Waals surface area contributed by atoms with E-state index in [-0.39, 0.29) is 16.9 Å². The van der Waals surface area contributed by atoms with Crippen molar-refractivity contribution in [3.63, 3.8) is 0 Å². The summed E-state index contributed by atoms with van der Waals surface area (Å²) in [4.78, 5) is 25.5. The first kappa shape index (κ1) is 16.0. The summed E-state index contributed by atoms with van der Waals surface area (Å²) >= 11 is 0. The summed E-state index contributed by atoms with van der Waals surface area (Å²) in [5, 5.41) is 3.46. The summed E-state index contributed by atoms with van der Waals surface area (Å²) in [7, 11) is 0. The highest BCUT2D eigenvalue weighted by atomic mass is 16.2. The fourth-order valence-corrected chi connectivity index (χ4v) is 2.96. The molecular formula is C20H20N2O2. The number of carbonyl (C=O) groups is 1. The molecule has 0 bridgehead atoms. The minimum absolute atomic E-state index is 0.165. The Balaban J connectivity index is 2.11. The number of aromatic nitrogens is 1. The van der Waals surface area contributed by atoms with Gasteiger partial charge in [-0.1, -0.05) is 30.3 Å². The highest BCUT2D eigenvalue weighted by molar-refractivity contribution is 6.06. The molecule has 0 aliphatic carbocycles. The third kappa shape index (κ3) is 2.71. The minimum Gasteiger partial charge on any atom is -0.347 e. The monoisotopic (exact) mass is 320 g/mol. The van der Waals surface area contributed by atoms with Gasteiger partial charge in [0.25, 0.3) is 5.91 Å².